The lowest BCUT2D eigenvalue weighted by molar-refractivity contribution is 0.601. The molecule has 7 nitrogen and oxygen atoms in total. The standard InChI is InChI=1S/C18H16N4O3S/c1-13-17(18(23)22(21(13)2)15-9-4-3-5-10-15)20-26(24,25)16-11-7-6-8-14(16)12-19/h3-11,20H,1-2H3. The van der Waals surface area contributed by atoms with Crippen molar-refractivity contribution >= 4 is 15.7 Å². The van der Waals surface area contributed by atoms with Gasteiger partial charge < -0.3 is 0 Å². The molecule has 0 aliphatic carbocycles. The third-order valence-electron chi connectivity index (χ3n) is 4.09. The van der Waals surface area contributed by atoms with E-state index < -0.39 is 15.6 Å². The van der Waals surface area contributed by atoms with E-state index in [1.165, 1.54) is 22.9 Å². The summed E-state index contributed by atoms with van der Waals surface area (Å²) in [5.41, 5.74) is 0.540. The Morgan fingerprint density at radius 2 is 1.65 bits per heavy atom. The molecule has 3 aromatic rings. The Labute approximate surface area is 150 Å². The van der Waals surface area contributed by atoms with E-state index in [4.69, 9.17) is 5.26 Å². The monoisotopic (exact) mass is 368 g/mol. The van der Waals surface area contributed by atoms with Gasteiger partial charge in [-0.05, 0) is 31.2 Å². The summed E-state index contributed by atoms with van der Waals surface area (Å²) in [6.45, 7) is 1.65. The molecule has 0 amide bonds. The molecule has 0 saturated heterocycles. The first kappa shape index (κ1) is 17.5. The van der Waals surface area contributed by atoms with Gasteiger partial charge in [-0.15, -0.1) is 0 Å². The second-order valence-electron chi connectivity index (χ2n) is 5.65. The normalized spacial score (nSPS) is 11.1. The fourth-order valence-corrected chi connectivity index (χ4v) is 3.94. The number of nitrogens with zero attached hydrogens (tertiary/aromatic N) is 3. The zero-order valence-corrected chi connectivity index (χ0v) is 15.0. The van der Waals surface area contributed by atoms with E-state index >= 15 is 0 Å². The maximum absolute atomic E-state index is 12.8. The lowest BCUT2D eigenvalue weighted by Crippen LogP contribution is -2.23. The first-order valence-corrected chi connectivity index (χ1v) is 9.21. The number of hydrogen-bond acceptors (Lipinski definition) is 4. The van der Waals surface area contributed by atoms with Crippen molar-refractivity contribution < 1.29 is 8.42 Å². The molecule has 0 fully saturated rings. The molecule has 0 atom stereocenters. The highest BCUT2D eigenvalue weighted by atomic mass is 32.2. The number of benzene rings is 2. The van der Waals surface area contributed by atoms with Gasteiger partial charge in [-0.2, -0.15) is 5.26 Å². The van der Waals surface area contributed by atoms with Crippen molar-refractivity contribution in [2.45, 2.75) is 11.8 Å². The summed E-state index contributed by atoms with van der Waals surface area (Å²) in [5, 5.41) is 9.14. The van der Waals surface area contributed by atoms with Gasteiger partial charge >= 0.3 is 0 Å². The molecule has 26 heavy (non-hydrogen) atoms. The van der Waals surface area contributed by atoms with E-state index in [0.717, 1.165) is 0 Å². The molecule has 0 bridgehead atoms. The highest BCUT2D eigenvalue weighted by Crippen LogP contribution is 2.20. The molecular formula is C18H16N4O3S. The molecule has 1 heterocycles. The molecule has 0 aliphatic heterocycles. The summed E-state index contributed by atoms with van der Waals surface area (Å²) in [5.74, 6) is 0. The van der Waals surface area contributed by atoms with Crippen molar-refractivity contribution in [2.24, 2.45) is 7.05 Å². The minimum Gasteiger partial charge on any atom is -0.283 e. The SMILES string of the molecule is Cc1c(NS(=O)(=O)c2ccccc2C#N)c(=O)n(-c2ccccc2)n1C. The lowest BCUT2D eigenvalue weighted by atomic mass is 10.2. The van der Waals surface area contributed by atoms with Crippen molar-refractivity contribution in [3.8, 4) is 11.8 Å². The number of aromatic nitrogens is 2. The van der Waals surface area contributed by atoms with Crippen LogP contribution >= 0.6 is 0 Å². The first-order chi connectivity index (χ1) is 12.4. The molecule has 0 spiro atoms. The molecular weight excluding hydrogens is 352 g/mol. The summed E-state index contributed by atoms with van der Waals surface area (Å²) in [6.07, 6.45) is 0. The lowest BCUT2D eigenvalue weighted by Gasteiger charge is -2.08. The van der Waals surface area contributed by atoms with E-state index in [2.05, 4.69) is 4.72 Å². The van der Waals surface area contributed by atoms with Crippen LogP contribution in [0.2, 0.25) is 0 Å². The summed E-state index contributed by atoms with van der Waals surface area (Å²) >= 11 is 0. The quantitative estimate of drug-likeness (QED) is 0.763. The van der Waals surface area contributed by atoms with E-state index in [-0.39, 0.29) is 16.1 Å². The highest BCUT2D eigenvalue weighted by Gasteiger charge is 2.24. The number of hydrogen-bond donors (Lipinski definition) is 1. The topological polar surface area (TPSA) is 96.9 Å². The second kappa shape index (κ2) is 6.54. The maximum Gasteiger partial charge on any atom is 0.296 e. The molecule has 2 aromatic carbocycles. The number of nitriles is 1. The van der Waals surface area contributed by atoms with Gasteiger partial charge in [0.25, 0.3) is 15.6 Å². The first-order valence-electron chi connectivity index (χ1n) is 7.73. The van der Waals surface area contributed by atoms with Crippen molar-refractivity contribution in [2.75, 3.05) is 4.72 Å². The van der Waals surface area contributed by atoms with Gasteiger partial charge in [0.05, 0.1) is 16.9 Å². The van der Waals surface area contributed by atoms with E-state index in [1.807, 2.05) is 12.1 Å². The van der Waals surface area contributed by atoms with Crippen molar-refractivity contribution in [3.63, 3.8) is 0 Å². The average molecular weight is 368 g/mol. The molecule has 8 heteroatoms. The van der Waals surface area contributed by atoms with Crippen LogP contribution in [0.1, 0.15) is 11.3 Å². The highest BCUT2D eigenvalue weighted by molar-refractivity contribution is 7.92. The smallest absolute Gasteiger partial charge is 0.283 e. The Bertz CT molecular complexity index is 1170. The van der Waals surface area contributed by atoms with Crippen LogP contribution in [0.25, 0.3) is 5.69 Å². The van der Waals surface area contributed by atoms with E-state index in [0.29, 0.717) is 11.4 Å². The van der Waals surface area contributed by atoms with Gasteiger partial charge in [-0.1, -0.05) is 30.3 Å². The number of sulfonamides is 1. The third kappa shape index (κ3) is 2.89. The van der Waals surface area contributed by atoms with Crippen LogP contribution in [-0.2, 0) is 17.1 Å². The van der Waals surface area contributed by atoms with Gasteiger partial charge in [-0.3, -0.25) is 14.2 Å². The molecule has 3 rings (SSSR count). The third-order valence-corrected chi connectivity index (χ3v) is 5.50. The molecule has 1 N–H and O–H groups in total. The predicted molar refractivity (Wildman–Crippen MR) is 97.7 cm³/mol. The zero-order valence-electron chi connectivity index (χ0n) is 14.2. The Balaban J connectivity index is 2.12. The van der Waals surface area contributed by atoms with Crippen molar-refractivity contribution in [3.05, 3.63) is 76.2 Å². The Morgan fingerprint density at radius 3 is 2.31 bits per heavy atom. The van der Waals surface area contributed by atoms with Crippen LogP contribution in [0.4, 0.5) is 5.69 Å². The maximum atomic E-state index is 12.8. The summed E-state index contributed by atoms with van der Waals surface area (Å²) in [4.78, 5) is 12.7. The number of anilines is 1. The summed E-state index contributed by atoms with van der Waals surface area (Å²) < 4.78 is 30.7. The van der Waals surface area contributed by atoms with Gasteiger partial charge in [0, 0.05) is 7.05 Å². The van der Waals surface area contributed by atoms with Gasteiger partial charge in [0.15, 0.2) is 0 Å². The van der Waals surface area contributed by atoms with Crippen LogP contribution in [0.5, 0.6) is 0 Å². The average Bonchev–Trinajstić information content (AvgIpc) is 2.85. The van der Waals surface area contributed by atoms with Gasteiger partial charge in [0.2, 0.25) is 0 Å². The second-order valence-corrected chi connectivity index (χ2v) is 7.30. The molecule has 1 aromatic heterocycles. The Hall–Kier alpha value is -3.31. The van der Waals surface area contributed by atoms with Crippen LogP contribution < -0.4 is 10.3 Å². The van der Waals surface area contributed by atoms with Crippen LogP contribution in [0.3, 0.4) is 0 Å². The number of nitrogens with one attached hydrogen (secondary N) is 1. The van der Waals surface area contributed by atoms with Crippen molar-refractivity contribution in [1.29, 1.82) is 5.26 Å². The summed E-state index contributed by atoms with van der Waals surface area (Å²) in [6, 6.07) is 16.6. The fraction of sp³-hybridized carbons (Fsp3) is 0.111. The molecule has 132 valence electrons. The van der Waals surface area contributed by atoms with Crippen LogP contribution in [0.15, 0.2) is 64.3 Å². The number of para-hydroxylation sites is 1. The fourth-order valence-electron chi connectivity index (χ4n) is 2.67. The van der Waals surface area contributed by atoms with Gasteiger partial charge in [-0.25, -0.2) is 13.1 Å². The number of rotatable bonds is 4. The van der Waals surface area contributed by atoms with Crippen LogP contribution in [0, 0.1) is 18.3 Å². The van der Waals surface area contributed by atoms with Crippen LogP contribution in [-0.4, -0.2) is 17.8 Å². The Kier molecular flexibility index (Phi) is 4.40. The zero-order chi connectivity index (χ0) is 18.9. The molecule has 0 radical (unpaired) electrons. The molecule has 0 saturated carbocycles. The summed E-state index contributed by atoms with van der Waals surface area (Å²) in [7, 11) is -2.41. The van der Waals surface area contributed by atoms with E-state index in [9.17, 15) is 13.2 Å². The van der Waals surface area contributed by atoms with Gasteiger partial charge in [0.1, 0.15) is 16.7 Å². The minimum absolute atomic E-state index is 0.0111. The largest absolute Gasteiger partial charge is 0.296 e. The van der Waals surface area contributed by atoms with E-state index in [1.54, 1.807) is 49.0 Å². The van der Waals surface area contributed by atoms with Crippen molar-refractivity contribution in [1.82, 2.24) is 9.36 Å². The minimum atomic E-state index is -4.09. The predicted octanol–water partition coefficient (Wildman–Crippen LogP) is 2.16. The molecule has 0 unspecified atom stereocenters. The Morgan fingerprint density at radius 1 is 1.04 bits per heavy atom. The molecule has 0 aliphatic rings.